The summed E-state index contributed by atoms with van der Waals surface area (Å²) in [5.74, 6) is 0.0632. The number of ether oxygens (including phenoxy) is 1. The average Bonchev–Trinajstić information content (AvgIpc) is 2.84. The third kappa shape index (κ3) is 3.17. The van der Waals surface area contributed by atoms with E-state index in [9.17, 15) is 9.59 Å². The molecule has 6 heteroatoms. The van der Waals surface area contributed by atoms with Crippen LogP contribution < -0.4 is 15.8 Å². The van der Waals surface area contributed by atoms with Crippen LogP contribution in [0.15, 0.2) is 51.7 Å². The number of benzene rings is 2. The van der Waals surface area contributed by atoms with Crippen LogP contribution in [0.4, 0.5) is 5.69 Å². The quantitative estimate of drug-likeness (QED) is 0.782. The number of anilines is 1. The van der Waals surface area contributed by atoms with E-state index in [4.69, 9.17) is 9.15 Å². The first-order valence-corrected chi connectivity index (χ1v) is 7.68. The van der Waals surface area contributed by atoms with Crippen molar-refractivity contribution in [3.05, 3.63) is 58.6 Å². The van der Waals surface area contributed by atoms with E-state index in [-0.39, 0.29) is 12.3 Å². The summed E-state index contributed by atoms with van der Waals surface area (Å²) >= 11 is 0. The maximum absolute atomic E-state index is 12.3. The number of nitrogens with zero attached hydrogens (tertiary/aromatic N) is 1. The Bertz CT molecular complexity index is 940. The van der Waals surface area contributed by atoms with E-state index in [1.165, 1.54) is 4.57 Å². The molecule has 0 bridgehead atoms. The Kier molecular flexibility index (Phi) is 4.37. The molecular weight excluding hydrogens is 308 g/mol. The van der Waals surface area contributed by atoms with E-state index in [1.54, 1.807) is 31.3 Å². The summed E-state index contributed by atoms with van der Waals surface area (Å²) in [6.07, 6.45) is 0.190. The van der Waals surface area contributed by atoms with Crippen molar-refractivity contribution >= 4 is 22.7 Å². The number of oxazole rings is 1. The molecule has 3 aromatic rings. The zero-order valence-corrected chi connectivity index (χ0v) is 13.5. The van der Waals surface area contributed by atoms with E-state index in [1.807, 2.05) is 25.1 Å². The Balaban J connectivity index is 1.78. The molecule has 1 aromatic heterocycles. The molecule has 0 unspecified atom stereocenters. The molecule has 0 saturated carbocycles. The Morgan fingerprint density at radius 1 is 1.25 bits per heavy atom. The van der Waals surface area contributed by atoms with E-state index >= 15 is 0 Å². The lowest BCUT2D eigenvalue weighted by Crippen LogP contribution is -2.15. The van der Waals surface area contributed by atoms with E-state index in [0.717, 1.165) is 5.56 Å². The molecule has 0 aliphatic heterocycles. The first-order chi connectivity index (χ1) is 11.6. The molecule has 124 valence electrons. The van der Waals surface area contributed by atoms with Crippen LogP contribution in [-0.4, -0.2) is 17.1 Å². The molecule has 1 N–H and O–H groups in total. The average molecular weight is 326 g/mol. The van der Waals surface area contributed by atoms with Crippen LogP contribution in [0.3, 0.4) is 0 Å². The molecule has 0 radical (unpaired) electrons. The molecule has 1 amide bonds. The van der Waals surface area contributed by atoms with E-state index in [2.05, 4.69) is 5.32 Å². The van der Waals surface area contributed by atoms with Crippen LogP contribution in [0.5, 0.6) is 5.75 Å². The molecule has 0 spiro atoms. The fraction of sp³-hybridized carbons (Fsp3) is 0.222. The molecule has 0 aliphatic rings. The predicted octanol–water partition coefficient (Wildman–Crippen LogP) is 2.71. The smallest absolute Gasteiger partial charge is 0.419 e. The summed E-state index contributed by atoms with van der Waals surface area (Å²) in [6.45, 7) is 2.42. The van der Waals surface area contributed by atoms with Gasteiger partial charge in [-0.25, -0.2) is 4.79 Å². The van der Waals surface area contributed by atoms with Crippen molar-refractivity contribution in [2.24, 2.45) is 7.05 Å². The topological polar surface area (TPSA) is 73.5 Å². The van der Waals surface area contributed by atoms with Gasteiger partial charge in [-0.3, -0.25) is 9.36 Å². The van der Waals surface area contributed by atoms with Gasteiger partial charge in [0, 0.05) is 7.05 Å². The number of amides is 1. The Hall–Kier alpha value is -3.02. The monoisotopic (exact) mass is 326 g/mol. The Labute approximate surface area is 138 Å². The van der Waals surface area contributed by atoms with Crippen LogP contribution in [0.1, 0.15) is 12.5 Å². The normalized spacial score (nSPS) is 10.8. The number of nitrogens with one attached hydrogen (secondary N) is 1. The third-order valence-corrected chi connectivity index (χ3v) is 3.68. The minimum atomic E-state index is -0.419. The maximum Gasteiger partial charge on any atom is 0.419 e. The summed E-state index contributed by atoms with van der Waals surface area (Å²) in [5.41, 5.74) is 2.61. The van der Waals surface area contributed by atoms with Gasteiger partial charge >= 0.3 is 5.76 Å². The second-order valence-electron chi connectivity index (χ2n) is 5.38. The number of aryl methyl sites for hydroxylation is 1. The first-order valence-electron chi connectivity index (χ1n) is 7.68. The van der Waals surface area contributed by atoms with Gasteiger partial charge in [0.05, 0.1) is 24.2 Å². The first kappa shape index (κ1) is 15.9. The number of carbonyl (C=O) groups is 1. The highest BCUT2D eigenvalue weighted by Crippen LogP contribution is 2.24. The van der Waals surface area contributed by atoms with Gasteiger partial charge < -0.3 is 14.5 Å². The number of hydrogen-bond acceptors (Lipinski definition) is 4. The highest BCUT2D eigenvalue weighted by molar-refractivity contribution is 5.94. The summed E-state index contributed by atoms with van der Waals surface area (Å²) < 4.78 is 12.0. The fourth-order valence-electron chi connectivity index (χ4n) is 2.51. The number of para-hydroxylation sites is 2. The van der Waals surface area contributed by atoms with Gasteiger partial charge in [0.25, 0.3) is 0 Å². The zero-order valence-electron chi connectivity index (χ0n) is 13.5. The second kappa shape index (κ2) is 6.62. The highest BCUT2D eigenvalue weighted by atomic mass is 16.5. The Morgan fingerprint density at radius 3 is 2.83 bits per heavy atom. The van der Waals surface area contributed by atoms with Crippen LogP contribution >= 0.6 is 0 Å². The van der Waals surface area contributed by atoms with Crippen molar-refractivity contribution in [2.45, 2.75) is 13.3 Å². The number of hydrogen-bond donors (Lipinski definition) is 1. The number of aromatic nitrogens is 1. The molecule has 6 nitrogen and oxygen atoms in total. The lowest BCUT2D eigenvalue weighted by molar-refractivity contribution is -0.115. The lowest BCUT2D eigenvalue weighted by Gasteiger charge is -2.11. The van der Waals surface area contributed by atoms with Gasteiger partial charge in [-0.2, -0.15) is 0 Å². The molecule has 0 atom stereocenters. The van der Waals surface area contributed by atoms with E-state index < -0.39 is 5.76 Å². The largest absolute Gasteiger partial charge is 0.492 e. The van der Waals surface area contributed by atoms with Gasteiger partial charge in [-0.05, 0) is 36.8 Å². The van der Waals surface area contributed by atoms with Crippen LogP contribution in [0.25, 0.3) is 11.1 Å². The summed E-state index contributed by atoms with van der Waals surface area (Å²) in [4.78, 5) is 23.8. The van der Waals surface area contributed by atoms with E-state index in [0.29, 0.717) is 29.1 Å². The van der Waals surface area contributed by atoms with Crippen molar-refractivity contribution in [1.29, 1.82) is 0 Å². The van der Waals surface area contributed by atoms with Crippen LogP contribution in [0, 0.1) is 0 Å². The highest BCUT2D eigenvalue weighted by Gasteiger charge is 2.11. The standard InChI is InChI=1S/C18H18N2O4/c1-3-23-15-7-5-4-6-13(15)19-17(21)11-12-8-9-16-14(10-12)20(2)18(22)24-16/h4-10H,3,11H2,1-2H3,(H,19,21). The minimum Gasteiger partial charge on any atom is -0.492 e. The van der Waals surface area contributed by atoms with Gasteiger partial charge in [0.15, 0.2) is 5.58 Å². The van der Waals surface area contributed by atoms with Crippen LogP contribution in [-0.2, 0) is 18.3 Å². The van der Waals surface area contributed by atoms with Crippen molar-refractivity contribution in [1.82, 2.24) is 4.57 Å². The molecular formula is C18H18N2O4. The van der Waals surface area contributed by atoms with Crippen molar-refractivity contribution in [3.63, 3.8) is 0 Å². The molecule has 1 heterocycles. The molecule has 24 heavy (non-hydrogen) atoms. The molecule has 0 aliphatic carbocycles. The van der Waals surface area contributed by atoms with Crippen molar-refractivity contribution < 1.29 is 13.9 Å². The summed E-state index contributed by atoms with van der Waals surface area (Å²) in [6, 6.07) is 12.6. The van der Waals surface area contributed by atoms with Crippen molar-refractivity contribution in [3.8, 4) is 5.75 Å². The summed E-state index contributed by atoms with van der Waals surface area (Å²) in [7, 11) is 1.64. The SMILES string of the molecule is CCOc1ccccc1NC(=O)Cc1ccc2oc(=O)n(C)c2c1. The van der Waals surface area contributed by atoms with Gasteiger partial charge in [-0.15, -0.1) is 0 Å². The second-order valence-corrected chi connectivity index (χ2v) is 5.38. The third-order valence-electron chi connectivity index (χ3n) is 3.68. The molecule has 3 rings (SSSR count). The maximum atomic E-state index is 12.3. The molecule has 0 saturated heterocycles. The van der Waals surface area contributed by atoms with Gasteiger partial charge in [-0.1, -0.05) is 18.2 Å². The van der Waals surface area contributed by atoms with Crippen LogP contribution in [0.2, 0.25) is 0 Å². The van der Waals surface area contributed by atoms with Gasteiger partial charge in [0.1, 0.15) is 5.75 Å². The zero-order chi connectivity index (χ0) is 17.1. The Morgan fingerprint density at radius 2 is 2.04 bits per heavy atom. The fourth-order valence-corrected chi connectivity index (χ4v) is 2.51. The summed E-state index contributed by atoms with van der Waals surface area (Å²) in [5, 5.41) is 2.86. The number of carbonyl (C=O) groups excluding carboxylic acids is 1. The number of rotatable bonds is 5. The predicted molar refractivity (Wildman–Crippen MR) is 91.4 cm³/mol. The molecule has 2 aromatic carbocycles. The molecule has 0 fully saturated rings. The number of fused-ring (bicyclic) bond motifs is 1. The minimum absolute atomic E-state index is 0.157. The van der Waals surface area contributed by atoms with Gasteiger partial charge in [0.2, 0.25) is 5.91 Å². The lowest BCUT2D eigenvalue weighted by atomic mass is 10.1. The van der Waals surface area contributed by atoms with Crippen molar-refractivity contribution in [2.75, 3.05) is 11.9 Å².